The molecule has 0 aliphatic heterocycles. The first-order valence-electron chi connectivity index (χ1n) is 4.92. The number of hydrogen-bond donors (Lipinski definition) is 2. The van der Waals surface area contributed by atoms with Gasteiger partial charge in [-0.2, -0.15) is 0 Å². The van der Waals surface area contributed by atoms with Gasteiger partial charge in [0.2, 0.25) is 5.91 Å². The van der Waals surface area contributed by atoms with Gasteiger partial charge in [0.05, 0.1) is 0 Å². The molecule has 0 bridgehead atoms. The fourth-order valence-corrected chi connectivity index (χ4v) is 1.41. The van der Waals surface area contributed by atoms with Crippen molar-refractivity contribution >= 4 is 11.9 Å². The van der Waals surface area contributed by atoms with Gasteiger partial charge in [-0.1, -0.05) is 13.8 Å². The van der Waals surface area contributed by atoms with Gasteiger partial charge in [-0.25, -0.2) is 0 Å². The average molecular weight is 201 g/mol. The van der Waals surface area contributed by atoms with Crippen LogP contribution in [0.4, 0.5) is 0 Å². The van der Waals surface area contributed by atoms with Gasteiger partial charge in [0.15, 0.2) is 0 Å². The number of carboxylic acid groups (broad SMARTS) is 1. The Hall–Kier alpha value is -1.06. The van der Waals surface area contributed by atoms with E-state index in [4.69, 9.17) is 10.8 Å². The SMILES string of the molecule is CC(CCC(C)CC(=O)O)CC(N)=O. The molecular formula is C10H19NO3. The lowest BCUT2D eigenvalue weighted by atomic mass is 9.94. The van der Waals surface area contributed by atoms with Crippen LogP contribution >= 0.6 is 0 Å². The number of rotatable bonds is 7. The van der Waals surface area contributed by atoms with Crippen LogP contribution in [0, 0.1) is 11.8 Å². The third-order valence-corrected chi connectivity index (χ3v) is 2.22. The molecule has 2 atom stereocenters. The topological polar surface area (TPSA) is 80.4 Å². The van der Waals surface area contributed by atoms with E-state index in [-0.39, 0.29) is 24.2 Å². The second-order valence-corrected chi connectivity index (χ2v) is 4.06. The van der Waals surface area contributed by atoms with Gasteiger partial charge >= 0.3 is 5.97 Å². The van der Waals surface area contributed by atoms with Gasteiger partial charge in [0, 0.05) is 12.8 Å². The van der Waals surface area contributed by atoms with Gasteiger partial charge in [-0.15, -0.1) is 0 Å². The number of aliphatic carboxylic acids is 1. The summed E-state index contributed by atoms with van der Waals surface area (Å²) in [7, 11) is 0. The van der Waals surface area contributed by atoms with E-state index in [9.17, 15) is 9.59 Å². The number of primary amides is 1. The van der Waals surface area contributed by atoms with Crippen molar-refractivity contribution in [2.75, 3.05) is 0 Å². The van der Waals surface area contributed by atoms with E-state index in [0.29, 0.717) is 6.42 Å². The molecule has 2 unspecified atom stereocenters. The molecule has 3 N–H and O–H groups in total. The van der Waals surface area contributed by atoms with Crippen LogP contribution in [0.5, 0.6) is 0 Å². The third-order valence-electron chi connectivity index (χ3n) is 2.22. The Balaban J connectivity index is 3.60. The molecule has 0 saturated carbocycles. The molecule has 4 heteroatoms. The van der Waals surface area contributed by atoms with Crippen LogP contribution in [0.2, 0.25) is 0 Å². The maximum absolute atomic E-state index is 10.6. The first kappa shape index (κ1) is 12.9. The maximum Gasteiger partial charge on any atom is 0.303 e. The zero-order chi connectivity index (χ0) is 11.1. The Bertz CT molecular complexity index is 182. The lowest BCUT2D eigenvalue weighted by Crippen LogP contribution is -2.15. The first-order chi connectivity index (χ1) is 6.41. The minimum Gasteiger partial charge on any atom is -0.481 e. The average Bonchev–Trinajstić information content (AvgIpc) is 1.98. The lowest BCUT2D eigenvalue weighted by Gasteiger charge is -2.12. The molecule has 0 radical (unpaired) electrons. The maximum atomic E-state index is 10.6. The van der Waals surface area contributed by atoms with Crippen LogP contribution in [-0.4, -0.2) is 17.0 Å². The van der Waals surface area contributed by atoms with Gasteiger partial charge in [-0.05, 0) is 24.7 Å². The Labute approximate surface area is 84.5 Å². The third kappa shape index (κ3) is 7.58. The van der Waals surface area contributed by atoms with Gasteiger partial charge in [0.1, 0.15) is 0 Å². The molecule has 0 aliphatic rings. The summed E-state index contributed by atoms with van der Waals surface area (Å²) in [5.41, 5.74) is 5.05. The van der Waals surface area contributed by atoms with E-state index in [1.54, 1.807) is 0 Å². The molecule has 0 rings (SSSR count). The van der Waals surface area contributed by atoms with E-state index in [2.05, 4.69) is 0 Å². The molecule has 0 aliphatic carbocycles. The number of hydrogen-bond acceptors (Lipinski definition) is 2. The number of carboxylic acids is 1. The lowest BCUT2D eigenvalue weighted by molar-refractivity contribution is -0.138. The van der Waals surface area contributed by atoms with Crippen molar-refractivity contribution in [1.29, 1.82) is 0 Å². The van der Waals surface area contributed by atoms with Crippen LogP contribution in [0.1, 0.15) is 39.5 Å². The first-order valence-corrected chi connectivity index (χ1v) is 4.92. The molecule has 1 amide bonds. The molecule has 0 spiro atoms. The summed E-state index contributed by atoms with van der Waals surface area (Å²) in [6, 6.07) is 0. The van der Waals surface area contributed by atoms with E-state index in [0.717, 1.165) is 12.8 Å². The quantitative estimate of drug-likeness (QED) is 0.653. The van der Waals surface area contributed by atoms with E-state index in [1.165, 1.54) is 0 Å². The van der Waals surface area contributed by atoms with Gasteiger partial charge < -0.3 is 10.8 Å². The second-order valence-electron chi connectivity index (χ2n) is 4.06. The van der Waals surface area contributed by atoms with Crippen LogP contribution in [0.3, 0.4) is 0 Å². The Morgan fingerprint density at radius 3 is 1.93 bits per heavy atom. The molecule has 82 valence electrons. The predicted octanol–water partition coefficient (Wildman–Crippen LogP) is 1.39. The number of amides is 1. The number of carbonyl (C=O) groups is 2. The molecule has 0 heterocycles. The van der Waals surface area contributed by atoms with E-state index < -0.39 is 5.97 Å². The summed E-state index contributed by atoms with van der Waals surface area (Å²) in [6.45, 7) is 3.86. The van der Waals surface area contributed by atoms with Crippen LogP contribution < -0.4 is 5.73 Å². The van der Waals surface area contributed by atoms with Gasteiger partial charge in [0.25, 0.3) is 0 Å². The van der Waals surface area contributed by atoms with Crippen molar-refractivity contribution in [2.45, 2.75) is 39.5 Å². The van der Waals surface area contributed by atoms with Crippen LogP contribution in [-0.2, 0) is 9.59 Å². The van der Waals surface area contributed by atoms with Crippen molar-refractivity contribution in [2.24, 2.45) is 17.6 Å². The summed E-state index contributed by atoms with van der Waals surface area (Å²) in [6.07, 6.45) is 2.28. The molecule has 0 aromatic carbocycles. The highest BCUT2D eigenvalue weighted by Crippen LogP contribution is 2.17. The largest absolute Gasteiger partial charge is 0.481 e. The van der Waals surface area contributed by atoms with Crippen molar-refractivity contribution in [3.05, 3.63) is 0 Å². The molecule has 4 nitrogen and oxygen atoms in total. The highest BCUT2D eigenvalue weighted by molar-refractivity contribution is 5.73. The summed E-state index contributed by atoms with van der Waals surface area (Å²) in [5, 5.41) is 8.52. The van der Waals surface area contributed by atoms with Crippen molar-refractivity contribution in [3.8, 4) is 0 Å². The molecule has 14 heavy (non-hydrogen) atoms. The molecule has 0 aromatic heterocycles. The minimum absolute atomic E-state index is 0.169. The Morgan fingerprint density at radius 2 is 1.57 bits per heavy atom. The van der Waals surface area contributed by atoms with Crippen molar-refractivity contribution in [3.63, 3.8) is 0 Å². The molecular weight excluding hydrogens is 182 g/mol. The fraction of sp³-hybridized carbons (Fsp3) is 0.800. The second kappa shape index (κ2) is 6.40. The Morgan fingerprint density at radius 1 is 1.14 bits per heavy atom. The minimum atomic E-state index is -0.764. The van der Waals surface area contributed by atoms with E-state index >= 15 is 0 Å². The van der Waals surface area contributed by atoms with E-state index in [1.807, 2.05) is 13.8 Å². The smallest absolute Gasteiger partial charge is 0.303 e. The van der Waals surface area contributed by atoms with Gasteiger partial charge in [-0.3, -0.25) is 9.59 Å². The van der Waals surface area contributed by atoms with Crippen molar-refractivity contribution in [1.82, 2.24) is 0 Å². The fourth-order valence-electron chi connectivity index (χ4n) is 1.41. The zero-order valence-corrected chi connectivity index (χ0v) is 8.82. The summed E-state index contributed by atoms with van der Waals surface area (Å²) >= 11 is 0. The monoisotopic (exact) mass is 201 g/mol. The normalized spacial score (nSPS) is 14.7. The predicted molar refractivity (Wildman–Crippen MR) is 53.6 cm³/mol. The van der Waals surface area contributed by atoms with Crippen molar-refractivity contribution < 1.29 is 14.7 Å². The van der Waals surface area contributed by atoms with Crippen LogP contribution in [0.15, 0.2) is 0 Å². The highest BCUT2D eigenvalue weighted by Gasteiger charge is 2.11. The number of carbonyl (C=O) groups excluding carboxylic acids is 1. The Kier molecular flexibility index (Phi) is 5.92. The summed E-state index contributed by atoms with van der Waals surface area (Å²) in [4.78, 5) is 20.9. The highest BCUT2D eigenvalue weighted by atomic mass is 16.4. The summed E-state index contributed by atoms with van der Waals surface area (Å²) in [5.74, 6) is -0.630. The number of nitrogens with two attached hydrogens (primary N) is 1. The molecule has 0 aromatic rings. The molecule has 0 saturated heterocycles. The molecule has 0 fully saturated rings. The summed E-state index contributed by atoms with van der Waals surface area (Å²) < 4.78 is 0. The van der Waals surface area contributed by atoms with Crippen LogP contribution in [0.25, 0.3) is 0 Å². The standard InChI is InChI=1S/C10H19NO3/c1-7(5-9(11)12)3-4-8(2)6-10(13)14/h7-8H,3-6H2,1-2H3,(H2,11,12)(H,13,14). The zero-order valence-electron chi connectivity index (χ0n) is 8.82.